The second-order valence-electron chi connectivity index (χ2n) is 2.11. The molecule has 7 heteroatoms. The van der Waals surface area contributed by atoms with Gasteiger partial charge in [-0.25, -0.2) is 4.57 Å². The highest BCUT2D eigenvalue weighted by molar-refractivity contribution is 7.48. The summed E-state index contributed by atoms with van der Waals surface area (Å²) in [7, 11) is -3.41. The molecular weight excluding hydrogens is 195 g/mol. The fourth-order valence-corrected chi connectivity index (χ4v) is 1.80. The molecule has 0 radical (unpaired) electrons. The van der Waals surface area contributed by atoms with Crippen molar-refractivity contribution in [3.8, 4) is 0 Å². The van der Waals surface area contributed by atoms with Gasteiger partial charge in [-0.3, -0.25) is 13.6 Å². The first-order valence-electron chi connectivity index (χ1n) is 4.12. The minimum atomic E-state index is -3.41. The lowest BCUT2D eigenvalue weighted by atomic mass is 10.8. The Labute approximate surface area is 78.1 Å². The van der Waals surface area contributed by atoms with Gasteiger partial charge < -0.3 is 11.5 Å². The van der Waals surface area contributed by atoms with Gasteiger partial charge in [-0.05, 0) is 6.92 Å². The molecule has 0 aromatic carbocycles. The molecule has 0 aliphatic rings. The molecule has 0 heterocycles. The van der Waals surface area contributed by atoms with Crippen LogP contribution in [0.15, 0.2) is 0 Å². The summed E-state index contributed by atoms with van der Waals surface area (Å²) in [6, 6.07) is 0. The van der Waals surface area contributed by atoms with E-state index in [1.165, 1.54) is 0 Å². The Bertz CT molecular complexity index is 155. The monoisotopic (exact) mass is 212 g/mol. The second kappa shape index (κ2) is 7.44. The number of phosphoric ester groups is 1. The van der Waals surface area contributed by atoms with Crippen LogP contribution in [0, 0.1) is 0 Å². The van der Waals surface area contributed by atoms with Crippen LogP contribution < -0.4 is 11.5 Å². The molecule has 0 bridgehead atoms. The van der Waals surface area contributed by atoms with E-state index in [0.29, 0.717) is 0 Å². The Hall–Kier alpha value is 0.0300. The van der Waals surface area contributed by atoms with Crippen LogP contribution in [-0.2, 0) is 18.1 Å². The van der Waals surface area contributed by atoms with Crippen molar-refractivity contribution in [3.05, 3.63) is 0 Å². The molecule has 0 saturated heterocycles. The summed E-state index contributed by atoms with van der Waals surface area (Å²) in [5, 5.41) is 0. The van der Waals surface area contributed by atoms with Crippen LogP contribution in [0.5, 0.6) is 0 Å². The highest BCUT2D eigenvalue weighted by atomic mass is 31.2. The predicted octanol–water partition coefficient (Wildman–Crippen LogP) is 0.0816. The first kappa shape index (κ1) is 13.0. The van der Waals surface area contributed by atoms with Gasteiger partial charge in [-0.1, -0.05) is 0 Å². The molecule has 13 heavy (non-hydrogen) atoms. The normalized spacial score (nSPS) is 11.9. The predicted molar refractivity (Wildman–Crippen MR) is 49.2 cm³/mol. The number of hydrogen-bond acceptors (Lipinski definition) is 6. The summed E-state index contributed by atoms with van der Waals surface area (Å²) in [6.45, 7) is 2.77. The summed E-state index contributed by atoms with van der Waals surface area (Å²) in [6.07, 6.45) is 0. The van der Waals surface area contributed by atoms with Crippen LogP contribution in [0.4, 0.5) is 0 Å². The average molecular weight is 212 g/mol. The van der Waals surface area contributed by atoms with E-state index in [9.17, 15) is 4.57 Å². The van der Waals surface area contributed by atoms with Crippen LogP contribution >= 0.6 is 7.82 Å². The van der Waals surface area contributed by atoms with Crippen molar-refractivity contribution in [2.24, 2.45) is 11.5 Å². The van der Waals surface area contributed by atoms with E-state index in [0.717, 1.165) is 0 Å². The molecule has 0 unspecified atom stereocenters. The lowest BCUT2D eigenvalue weighted by molar-refractivity contribution is 0.122. The lowest BCUT2D eigenvalue weighted by Gasteiger charge is -2.16. The number of hydrogen-bond donors (Lipinski definition) is 2. The van der Waals surface area contributed by atoms with Gasteiger partial charge in [0.15, 0.2) is 0 Å². The first-order valence-corrected chi connectivity index (χ1v) is 5.58. The van der Waals surface area contributed by atoms with Gasteiger partial charge in [-0.15, -0.1) is 0 Å². The fourth-order valence-electron chi connectivity index (χ4n) is 0.599. The Kier molecular flexibility index (Phi) is 7.45. The van der Waals surface area contributed by atoms with E-state index < -0.39 is 7.82 Å². The highest BCUT2D eigenvalue weighted by Gasteiger charge is 2.24. The Morgan fingerprint density at radius 2 is 1.54 bits per heavy atom. The van der Waals surface area contributed by atoms with E-state index in [2.05, 4.69) is 0 Å². The first-order chi connectivity index (χ1) is 6.18. The summed E-state index contributed by atoms with van der Waals surface area (Å²) < 4.78 is 26.1. The van der Waals surface area contributed by atoms with Crippen molar-refractivity contribution < 1.29 is 18.1 Å². The molecule has 0 aliphatic carbocycles. The van der Waals surface area contributed by atoms with E-state index in [1.54, 1.807) is 6.92 Å². The van der Waals surface area contributed by atoms with Crippen LogP contribution in [0.2, 0.25) is 0 Å². The maximum atomic E-state index is 11.6. The van der Waals surface area contributed by atoms with Crippen LogP contribution in [0.3, 0.4) is 0 Å². The molecule has 0 rings (SSSR count). The minimum absolute atomic E-state index is 0.141. The van der Waals surface area contributed by atoms with Gasteiger partial charge >= 0.3 is 7.82 Å². The van der Waals surface area contributed by atoms with Gasteiger partial charge in [0.1, 0.15) is 0 Å². The molecule has 0 aliphatic heterocycles. The molecule has 0 saturated carbocycles. The van der Waals surface area contributed by atoms with Gasteiger partial charge in [0.2, 0.25) is 0 Å². The number of nitrogens with two attached hydrogens (primary N) is 2. The summed E-state index contributed by atoms with van der Waals surface area (Å²) >= 11 is 0. The lowest BCUT2D eigenvalue weighted by Crippen LogP contribution is -2.12. The number of phosphoric acid groups is 1. The summed E-state index contributed by atoms with van der Waals surface area (Å²) in [5.74, 6) is 0. The molecule has 0 spiro atoms. The molecule has 0 aromatic heterocycles. The van der Waals surface area contributed by atoms with Crippen molar-refractivity contribution in [2.45, 2.75) is 6.92 Å². The van der Waals surface area contributed by atoms with Crippen LogP contribution in [0.1, 0.15) is 6.92 Å². The van der Waals surface area contributed by atoms with Crippen molar-refractivity contribution >= 4 is 7.82 Å². The standard InChI is InChI=1S/C6H17N2O4P/c1-2-10-13(9,11-5-3-7)12-6-4-8/h2-8H2,1H3. The number of rotatable bonds is 8. The highest BCUT2D eigenvalue weighted by Crippen LogP contribution is 2.48. The third-order valence-corrected chi connectivity index (χ3v) is 2.59. The molecular formula is C6H17N2O4P. The Balaban J connectivity index is 3.92. The van der Waals surface area contributed by atoms with Gasteiger partial charge in [0, 0.05) is 13.1 Å². The molecule has 4 N–H and O–H groups in total. The topological polar surface area (TPSA) is 96.8 Å². The van der Waals surface area contributed by atoms with Crippen LogP contribution in [0.25, 0.3) is 0 Å². The largest absolute Gasteiger partial charge is 0.474 e. The molecule has 0 aromatic rings. The Morgan fingerprint density at radius 3 is 1.85 bits per heavy atom. The van der Waals surface area contributed by atoms with E-state index >= 15 is 0 Å². The third-order valence-electron chi connectivity index (χ3n) is 1.02. The van der Waals surface area contributed by atoms with E-state index in [4.69, 9.17) is 25.0 Å². The van der Waals surface area contributed by atoms with Gasteiger partial charge in [0.25, 0.3) is 0 Å². The quantitative estimate of drug-likeness (QED) is 0.553. The smallest absolute Gasteiger partial charge is 0.328 e. The molecule has 80 valence electrons. The molecule has 6 nitrogen and oxygen atoms in total. The summed E-state index contributed by atoms with van der Waals surface area (Å²) in [4.78, 5) is 0. The van der Waals surface area contributed by atoms with Crippen molar-refractivity contribution in [2.75, 3.05) is 32.9 Å². The van der Waals surface area contributed by atoms with Crippen molar-refractivity contribution in [1.29, 1.82) is 0 Å². The second-order valence-corrected chi connectivity index (χ2v) is 3.78. The summed E-state index contributed by atoms with van der Waals surface area (Å²) in [5.41, 5.74) is 10.4. The van der Waals surface area contributed by atoms with Gasteiger partial charge in [0.05, 0.1) is 19.8 Å². The van der Waals surface area contributed by atoms with Crippen molar-refractivity contribution in [3.63, 3.8) is 0 Å². The fraction of sp³-hybridized carbons (Fsp3) is 1.00. The van der Waals surface area contributed by atoms with E-state index in [1.807, 2.05) is 0 Å². The molecule has 0 fully saturated rings. The minimum Gasteiger partial charge on any atom is -0.328 e. The average Bonchev–Trinajstić information content (AvgIpc) is 2.12. The van der Waals surface area contributed by atoms with E-state index in [-0.39, 0.29) is 32.9 Å². The molecule has 0 atom stereocenters. The third kappa shape index (κ3) is 6.15. The SMILES string of the molecule is CCOP(=O)(OCCN)OCCN. The zero-order chi connectivity index (χ0) is 10.2. The zero-order valence-electron chi connectivity index (χ0n) is 7.77. The Morgan fingerprint density at radius 1 is 1.08 bits per heavy atom. The van der Waals surface area contributed by atoms with Crippen LogP contribution in [-0.4, -0.2) is 32.9 Å². The zero-order valence-corrected chi connectivity index (χ0v) is 8.66. The molecule has 0 amide bonds. The maximum absolute atomic E-state index is 11.6. The van der Waals surface area contributed by atoms with Gasteiger partial charge in [-0.2, -0.15) is 0 Å². The maximum Gasteiger partial charge on any atom is 0.474 e. The van der Waals surface area contributed by atoms with Crippen molar-refractivity contribution in [1.82, 2.24) is 0 Å².